The maximum absolute atomic E-state index is 13.2. The van der Waals surface area contributed by atoms with Crippen LogP contribution in [0.1, 0.15) is 66.7 Å². The number of nitrogens with one attached hydrogen (secondary N) is 1. The van der Waals surface area contributed by atoms with Crippen LogP contribution in [0.4, 0.5) is 10.5 Å². The van der Waals surface area contributed by atoms with Crippen molar-refractivity contribution in [3.63, 3.8) is 0 Å². The van der Waals surface area contributed by atoms with Crippen molar-refractivity contribution in [1.82, 2.24) is 5.32 Å². The number of rotatable bonds is 12. The normalized spacial score (nSPS) is 10.6. The first-order valence-corrected chi connectivity index (χ1v) is 13.1. The standard InChI is InChI=1S/C31H36N2O5/c1-4-6-7-8-14-19-32-31(37)33(3)27-21-23(24-17-12-13-18-25(24)30(36)38-5-2)20-26(29(34)35)28(27)22-15-10-9-11-16-22/h9-13,15-18,20-21H,4-8,14,19H2,1-3H3,(H,32,37)(H,34,35). The summed E-state index contributed by atoms with van der Waals surface area (Å²) in [6.07, 6.45) is 5.37. The first-order valence-electron chi connectivity index (χ1n) is 13.1. The zero-order valence-corrected chi connectivity index (χ0v) is 22.3. The van der Waals surface area contributed by atoms with Crippen LogP contribution in [-0.2, 0) is 4.74 Å². The molecule has 0 aliphatic heterocycles. The number of esters is 1. The molecule has 0 fully saturated rings. The topological polar surface area (TPSA) is 95.9 Å². The third-order valence-electron chi connectivity index (χ3n) is 6.37. The first-order chi connectivity index (χ1) is 18.4. The Hall–Kier alpha value is -4.13. The number of anilines is 1. The van der Waals surface area contributed by atoms with E-state index >= 15 is 0 Å². The van der Waals surface area contributed by atoms with Crippen LogP contribution in [0, 0.1) is 0 Å². The van der Waals surface area contributed by atoms with Crippen molar-refractivity contribution in [2.75, 3.05) is 25.1 Å². The molecule has 0 aromatic heterocycles. The molecule has 200 valence electrons. The molecule has 7 nitrogen and oxygen atoms in total. The van der Waals surface area contributed by atoms with Crippen molar-refractivity contribution in [2.24, 2.45) is 0 Å². The zero-order chi connectivity index (χ0) is 27.5. The highest BCUT2D eigenvalue weighted by molar-refractivity contribution is 6.07. The van der Waals surface area contributed by atoms with Gasteiger partial charge in [-0.05, 0) is 48.2 Å². The van der Waals surface area contributed by atoms with Crippen LogP contribution >= 0.6 is 0 Å². The van der Waals surface area contributed by atoms with Gasteiger partial charge in [0, 0.05) is 19.2 Å². The number of hydrogen-bond acceptors (Lipinski definition) is 4. The van der Waals surface area contributed by atoms with Gasteiger partial charge in [-0.3, -0.25) is 4.90 Å². The minimum atomic E-state index is -1.13. The molecule has 0 unspecified atom stereocenters. The second-order valence-electron chi connectivity index (χ2n) is 9.06. The van der Waals surface area contributed by atoms with Gasteiger partial charge >= 0.3 is 18.0 Å². The molecule has 0 radical (unpaired) electrons. The van der Waals surface area contributed by atoms with Gasteiger partial charge in [0.2, 0.25) is 0 Å². The number of nitrogens with zero attached hydrogens (tertiary/aromatic N) is 1. The summed E-state index contributed by atoms with van der Waals surface area (Å²) in [5, 5.41) is 13.2. The van der Waals surface area contributed by atoms with Gasteiger partial charge in [-0.1, -0.05) is 81.1 Å². The quantitative estimate of drug-likeness (QED) is 0.199. The molecule has 0 spiro atoms. The fourth-order valence-electron chi connectivity index (χ4n) is 4.40. The van der Waals surface area contributed by atoms with Gasteiger partial charge in [-0.15, -0.1) is 0 Å². The number of hydrogen-bond donors (Lipinski definition) is 2. The summed E-state index contributed by atoms with van der Waals surface area (Å²) >= 11 is 0. The molecular formula is C31H36N2O5. The van der Waals surface area contributed by atoms with Gasteiger partial charge in [0.25, 0.3) is 0 Å². The lowest BCUT2D eigenvalue weighted by Crippen LogP contribution is -2.38. The highest BCUT2D eigenvalue weighted by atomic mass is 16.5. The SMILES string of the molecule is CCCCCCCNC(=O)N(C)c1cc(-c2ccccc2C(=O)OCC)cc(C(=O)O)c1-c1ccccc1. The lowest BCUT2D eigenvalue weighted by Gasteiger charge is -2.24. The number of ether oxygens (including phenoxy) is 1. The highest BCUT2D eigenvalue weighted by Gasteiger charge is 2.24. The van der Waals surface area contributed by atoms with Gasteiger partial charge in [-0.2, -0.15) is 0 Å². The Morgan fingerprint density at radius 2 is 1.53 bits per heavy atom. The molecule has 0 bridgehead atoms. The van der Waals surface area contributed by atoms with Crippen LogP contribution in [0.5, 0.6) is 0 Å². The monoisotopic (exact) mass is 516 g/mol. The van der Waals surface area contributed by atoms with E-state index in [-0.39, 0.29) is 18.2 Å². The van der Waals surface area contributed by atoms with Gasteiger partial charge in [0.15, 0.2) is 0 Å². The predicted octanol–water partition coefficient (Wildman–Crippen LogP) is 7.01. The zero-order valence-electron chi connectivity index (χ0n) is 22.3. The summed E-state index contributed by atoms with van der Waals surface area (Å²) in [5.41, 5.74) is 2.90. The molecule has 3 aromatic rings. The largest absolute Gasteiger partial charge is 0.478 e. The molecule has 38 heavy (non-hydrogen) atoms. The number of carbonyl (C=O) groups excluding carboxylic acids is 2. The van der Waals surface area contributed by atoms with E-state index in [1.807, 2.05) is 30.3 Å². The summed E-state index contributed by atoms with van der Waals surface area (Å²) in [7, 11) is 1.63. The van der Waals surface area contributed by atoms with Crippen molar-refractivity contribution in [3.05, 3.63) is 77.9 Å². The van der Waals surface area contributed by atoms with E-state index in [4.69, 9.17) is 4.74 Å². The summed E-state index contributed by atoms with van der Waals surface area (Å²) in [5.74, 6) is -1.63. The molecule has 2 N–H and O–H groups in total. The summed E-state index contributed by atoms with van der Waals surface area (Å²) < 4.78 is 5.23. The Labute approximate surface area is 224 Å². The fraction of sp³-hybridized carbons (Fsp3) is 0.323. The molecule has 0 aliphatic rings. The predicted molar refractivity (Wildman–Crippen MR) is 151 cm³/mol. The smallest absolute Gasteiger partial charge is 0.338 e. The van der Waals surface area contributed by atoms with Crippen LogP contribution in [0.3, 0.4) is 0 Å². The maximum atomic E-state index is 13.2. The number of benzene rings is 3. The molecule has 0 heterocycles. The second-order valence-corrected chi connectivity index (χ2v) is 9.06. The van der Waals surface area contributed by atoms with E-state index in [9.17, 15) is 19.5 Å². The van der Waals surface area contributed by atoms with E-state index in [0.29, 0.717) is 40.0 Å². The molecule has 0 aliphatic carbocycles. The van der Waals surface area contributed by atoms with Crippen molar-refractivity contribution >= 4 is 23.7 Å². The van der Waals surface area contributed by atoms with Crippen LogP contribution in [0.25, 0.3) is 22.3 Å². The Kier molecular flexibility index (Phi) is 10.5. The van der Waals surface area contributed by atoms with Crippen molar-refractivity contribution < 1.29 is 24.2 Å². The summed E-state index contributed by atoms with van der Waals surface area (Å²) in [6, 6.07) is 19.0. The fourth-order valence-corrected chi connectivity index (χ4v) is 4.40. The Morgan fingerprint density at radius 3 is 2.21 bits per heavy atom. The highest BCUT2D eigenvalue weighted by Crippen LogP contribution is 2.39. The van der Waals surface area contributed by atoms with Crippen LogP contribution in [0.2, 0.25) is 0 Å². The lowest BCUT2D eigenvalue weighted by molar-refractivity contribution is 0.0526. The number of amides is 2. The van der Waals surface area contributed by atoms with E-state index in [1.165, 1.54) is 11.3 Å². The van der Waals surface area contributed by atoms with Crippen molar-refractivity contribution in [3.8, 4) is 22.3 Å². The second kappa shape index (κ2) is 14.0. The van der Waals surface area contributed by atoms with E-state index in [0.717, 1.165) is 25.7 Å². The van der Waals surface area contributed by atoms with Gasteiger partial charge < -0.3 is 15.2 Å². The van der Waals surface area contributed by atoms with Crippen molar-refractivity contribution in [2.45, 2.75) is 46.0 Å². The minimum absolute atomic E-state index is 0.0292. The number of aromatic carboxylic acids is 1. The lowest BCUT2D eigenvalue weighted by atomic mass is 9.91. The Bertz CT molecular complexity index is 1260. The Balaban J connectivity index is 2.10. The Morgan fingerprint density at radius 1 is 0.842 bits per heavy atom. The van der Waals surface area contributed by atoms with Crippen LogP contribution < -0.4 is 10.2 Å². The molecule has 0 atom stereocenters. The molecule has 2 amide bonds. The van der Waals surface area contributed by atoms with E-state index in [1.54, 1.807) is 50.4 Å². The van der Waals surface area contributed by atoms with Gasteiger partial charge in [0.05, 0.1) is 23.4 Å². The first kappa shape index (κ1) is 28.4. The van der Waals surface area contributed by atoms with E-state index in [2.05, 4.69) is 12.2 Å². The molecule has 0 saturated heterocycles. The third-order valence-corrected chi connectivity index (χ3v) is 6.37. The minimum Gasteiger partial charge on any atom is -0.478 e. The molecule has 7 heteroatoms. The summed E-state index contributed by atoms with van der Waals surface area (Å²) in [6.45, 7) is 4.64. The van der Waals surface area contributed by atoms with Crippen molar-refractivity contribution in [1.29, 1.82) is 0 Å². The average molecular weight is 517 g/mol. The third kappa shape index (κ3) is 7.00. The molecule has 3 rings (SSSR count). The number of unbranched alkanes of at least 4 members (excludes halogenated alkanes) is 4. The molecule has 0 saturated carbocycles. The number of urea groups is 1. The maximum Gasteiger partial charge on any atom is 0.338 e. The van der Waals surface area contributed by atoms with Crippen LogP contribution in [-0.4, -0.2) is 43.3 Å². The number of carboxylic acid groups (broad SMARTS) is 1. The average Bonchev–Trinajstić information content (AvgIpc) is 2.94. The number of carboxylic acids is 1. The van der Waals surface area contributed by atoms with Crippen LogP contribution in [0.15, 0.2) is 66.7 Å². The van der Waals surface area contributed by atoms with E-state index < -0.39 is 11.9 Å². The van der Waals surface area contributed by atoms with Gasteiger partial charge in [-0.25, -0.2) is 14.4 Å². The molecule has 3 aromatic carbocycles. The summed E-state index contributed by atoms with van der Waals surface area (Å²) in [4.78, 5) is 39.8. The van der Waals surface area contributed by atoms with Gasteiger partial charge in [0.1, 0.15) is 0 Å². The molecular weight excluding hydrogens is 480 g/mol. The number of carbonyl (C=O) groups is 3.